The molecule has 0 aromatic heterocycles. The van der Waals surface area contributed by atoms with Gasteiger partial charge in [-0.25, -0.2) is 4.79 Å². The zero-order chi connectivity index (χ0) is 15.3. The van der Waals surface area contributed by atoms with Crippen LogP contribution in [0.2, 0.25) is 0 Å². The topological polar surface area (TPSA) is 61.4 Å². The van der Waals surface area contributed by atoms with E-state index in [0.717, 1.165) is 0 Å². The van der Waals surface area contributed by atoms with Gasteiger partial charge in [0.2, 0.25) is 0 Å². The number of nitrogens with zero attached hydrogens (tertiary/aromatic N) is 1. The minimum absolute atomic E-state index is 0.0848. The Morgan fingerprint density at radius 1 is 1.15 bits per heavy atom. The van der Waals surface area contributed by atoms with E-state index in [1.54, 1.807) is 38.4 Å². The van der Waals surface area contributed by atoms with Crippen LogP contribution in [0.1, 0.15) is 31.1 Å². The molecule has 1 aromatic carbocycles. The van der Waals surface area contributed by atoms with E-state index in [0.29, 0.717) is 17.2 Å². The first-order chi connectivity index (χ1) is 9.31. The summed E-state index contributed by atoms with van der Waals surface area (Å²) < 4.78 is 0. The molecule has 0 aliphatic heterocycles. The Balaban J connectivity index is 2.71. The van der Waals surface area contributed by atoms with Gasteiger partial charge in [-0.05, 0) is 31.0 Å². The van der Waals surface area contributed by atoms with Gasteiger partial charge in [0, 0.05) is 31.4 Å². The molecule has 0 fully saturated rings. The van der Waals surface area contributed by atoms with E-state index in [-0.39, 0.29) is 18.0 Å². The standard InChI is InChI=1S/C15H23N3O2/c1-10(2)11(3)16-15(20)17-13-8-6-7-12(9-13)14(19)18(4)5/h6-11H,1-5H3,(H2,16,17,20)/t11-/m0/s1. The van der Waals surface area contributed by atoms with Crippen LogP contribution in [0.25, 0.3) is 0 Å². The monoisotopic (exact) mass is 277 g/mol. The van der Waals surface area contributed by atoms with E-state index in [2.05, 4.69) is 10.6 Å². The summed E-state index contributed by atoms with van der Waals surface area (Å²) >= 11 is 0. The lowest BCUT2D eigenvalue weighted by Gasteiger charge is -2.18. The molecular weight excluding hydrogens is 254 g/mol. The number of carbonyl (C=O) groups excluding carboxylic acids is 2. The molecule has 2 N–H and O–H groups in total. The van der Waals surface area contributed by atoms with Crippen LogP contribution < -0.4 is 10.6 Å². The highest BCUT2D eigenvalue weighted by atomic mass is 16.2. The number of hydrogen-bond acceptors (Lipinski definition) is 2. The van der Waals surface area contributed by atoms with Crippen molar-refractivity contribution in [3.63, 3.8) is 0 Å². The average Bonchev–Trinajstić information content (AvgIpc) is 2.37. The van der Waals surface area contributed by atoms with Gasteiger partial charge < -0.3 is 15.5 Å². The first-order valence-electron chi connectivity index (χ1n) is 6.70. The van der Waals surface area contributed by atoms with Crippen molar-refractivity contribution >= 4 is 17.6 Å². The summed E-state index contributed by atoms with van der Waals surface area (Å²) in [6.45, 7) is 6.04. The van der Waals surface area contributed by atoms with Crippen molar-refractivity contribution < 1.29 is 9.59 Å². The maximum atomic E-state index is 11.8. The molecule has 1 rings (SSSR count). The van der Waals surface area contributed by atoms with E-state index < -0.39 is 0 Å². The molecule has 0 aliphatic rings. The number of nitrogens with one attached hydrogen (secondary N) is 2. The van der Waals surface area contributed by atoms with Crippen molar-refractivity contribution in [3.8, 4) is 0 Å². The molecule has 20 heavy (non-hydrogen) atoms. The van der Waals surface area contributed by atoms with Crippen LogP contribution in [-0.2, 0) is 0 Å². The summed E-state index contributed by atoms with van der Waals surface area (Å²) in [5.74, 6) is 0.270. The summed E-state index contributed by atoms with van der Waals surface area (Å²) in [7, 11) is 3.39. The molecule has 0 bridgehead atoms. The van der Waals surface area contributed by atoms with Gasteiger partial charge in [-0.15, -0.1) is 0 Å². The SMILES string of the molecule is CC(C)[C@H](C)NC(=O)Nc1cccc(C(=O)N(C)C)c1. The highest BCUT2D eigenvalue weighted by Gasteiger charge is 2.12. The van der Waals surface area contributed by atoms with Crippen molar-refractivity contribution in [3.05, 3.63) is 29.8 Å². The molecule has 1 aromatic rings. The molecule has 0 saturated carbocycles. The maximum Gasteiger partial charge on any atom is 0.319 e. The molecule has 0 aliphatic carbocycles. The number of urea groups is 1. The van der Waals surface area contributed by atoms with Gasteiger partial charge in [0.05, 0.1) is 0 Å². The zero-order valence-corrected chi connectivity index (χ0v) is 12.7. The average molecular weight is 277 g/mol. The van der Waals surface area contributed by atoms with Gasteiger partial charge in [-0.1, -0.05) is 19.9 Å². The second-order valence-corrected chi connectivity index (χ2v) is 5.41. The van der Waals surface area contributed by atoms with Gasteiger partial charge in [0.15, 0.2) is 0 Å². The van der Waals surface area contributed by atoms with Crippen LogP contribution in [0, 0.1) is 5.92 Å². The largest absolute Gasteiger partial charge is 0.345 e. The summed E-state index contributed by atoms with van der Waals surface area (Å²) in [5.41, 5.74) is 1.15. The zero-order valence-electron chi connectivity index (χ0n) is 12.7. The molecule has 0 radical (unpaired) electrons. The molecule has 0 heterocycles. The van der Waals surface area contributed by atoms with E-state index >= 15 is 0 Å². The number of rotatable bonds is 4. The minimum Gasteiger partial charge on any atom is -0.345 e. The summed E-state index contributed by atoms with van der Waals surface area (Å²) in [6.07, 6.45) is 0. The molecule has 1 atom stereocenters. The van der Waals surface area contributed by atoms with Crippen LogP contribution in [0.4, 0.5) is 10.5 Å². The molecule has 0 unspecified atom stereocenters. The van der Waals surface area contributed by atoms with E-state index in [4.69, 9.17) is 0 Å². The third-order valence-electron chi connectivity index (χ3n) is 3.13. The van der Waals surface area contributed by atoms with Crippen LogP contribution in [0.3, 0.4) is 0 Å². The second kappa shape index (κ2) is 6.93. The lowest BCUT2D eigenvalue weighted by Crippen LogP contribution is -2.39. The lowest BCUT2D eigenvalue weighted by molar-refractivity contribution is 0.0827. The van der Waals surface area contributed by atoms with Gasteiger partial charge in [0.1, 0.15) is 0 Å². The number of amides is 3. The molecule has 5 nitrogen and oxygen atoms in total. The molecule has 5 heteroatoms. The van der Waals surface area contributed by atoms with Crippen molar-refractivity contribution in [2.75, 3.05) is 19.4 Å². The Labute approximate surface area is 120 Å². The second-order valence-electron chi connectivity index (χ2n) is 5.41. The van der Waals surface area contributed by atoms with E-state index in [9.17, 15) is 9.59 Å². The molecule has 3 amide bonds. The quantitative estimate of drug-likeness (QED) is 0.888. The smallest absolute Gasteiger partial charge is 0.319 e. The predicted molar refractivity (Wildman–Crippen MR) is 80.9 cm³/mol. The fourth-order valence-corrected chi connectivity index (χ4v) is 1.53. The maximum absolute atomic E-state index is 11.8. The molecule has 0 saturated heterocycles. The van der Waals surface area contributed by atoms with Gasteiger partial charge in [-0.3, -0.25) is 4.79 Å². The minimum atomic E-state index is -0.263. The third-order valence-corrected chi connectivity index (χ3v) is 3.13. The van der Waals surface area contributed by atoms with Crippen LogP contribution in [-0.4, -0.2) is 37.0 Å². The Hall–Kier alpha value is -2.04. The third kappa shape index (κ3) is 4.57. The van der Waals surface area contributed by atoms with Crippen molar-refractivity contribution in [2.45, 2.75) is 26.8 Å². The summed E-state index contributed by atoms with van der Waals surface area (Å²) in [5, 5.41) is 5.59. The molecule has 110 valence electrons. The van der Waals surface area contributed by atoms with Crippen LogP contribution in [0.15, 0.2) is 24.3 Å². The van der Waals surface area contributed by atoms with E-state index in [1.807, 2.05) is 20.8 Å². The highest BCUT2D eigenvalue weighted by Crippen LogP contribution is 2.12. The Bertz CT molecular complexity index is 484. The highest BCUT2D eigenvalue weighted by molar-refractivity contribution is 5.96. The summed E-state index contributed by atoms with van der Waals surface area (Å²) in [4.78, 5) is 25.2. The molecular formula is C15H23N3O2. The van der Waals surface area contributed by atoms with Crippen molar-refractivity contribution in [1.29, 1.82) is 0 Å². The summed E-state index contributed by atoms with van der Waals surface area (Å²) in [6, 6.07) is 6.72. The molecule has 0 spiro atoms. The number of benzene rings is 1. The van der Waals surface area contributed by atoms with Gasteiger partial charge >= 0.3 is 6.03 Å². The normalized spacial score (nSPS) is 11.9. The predicted octanol–water partition coefficient (Wildman–Crippen LogP) is 2.55. The Morgan fingerprint density at radius 3 is 2.35 bits per heavy atom. The van der Waals surface area contributed by atoms with Crippen LogP contribution in [0.5, 0.6) is 0 Å². The van der Waals surface area contributed by atoms with E-state index in [1.165, 1.54) is 4.90 Å². The Kier molecular flexibility index (Phi) is 5.55. The van der Waals surface area contributed by atoms with Crippen LogP contribution >= 0.6 is 0 Å². The first kappa shape index (κ1) is 16.0. The van der Waals surface area contributed by atoms with Crippen molar-refractivity contribution in [2.24, 2.45) is 5.92 Å². The van der Waals surface area contributed by atoms with Crippen molar-refractivity contribution in [1.82, 2.24) is 10.2 Å². The fraction of sp³-hybridized carbons (Fsp3) is 0.467. The Morgan fingerprint density at radius 2 is 1.80 bits per heavy atom. The number of anilines is 1. The first-order valence-corrected chi connectivity index (χ1v) is 6.70. The van der Waals surface area contributed by atoms with Gasteiger partial charge in [-0.2, -0.15) is 0 Å². The number of carbonyl (C=O) groups is 2. The number of hydrogen-bond donors (Lipinski definition) is 2. The fourth-order valence-electron chi connectivity index (χ4n) is 1.53. The van der Waals surface area contributed by atoms with Gasteiger partial charge in [0.25, 0.3) is 5.91 Å². The lowest BCUT2D eigenvalue weighted by atomic mass is 10.1.